The maximum Gasteiger partial charge on any atom is 0.239 e. The lowest BCUT2D eigenvalue weighted by Crippen LogP contribution is -2.35. The molecule has 0 saturated heterocycles. The second-order valence-corrected chi connectivity index (χ2v) is 4.15. The van der Waals surface area contributed by atoms with Crippen molar-refractivity contribution in [2.75, 3.05) is 30.8 Å². The minimum atomic E-state index is -0.0278. The van der Waals surface area contributed by atoms with Crippen molar-refractivity contribution in [3.05, 3.63) is 18.2 Å². The molecule has 0 saturated carbocycles. The van der Waals surface area contributed by atoms with E-state index in [1.165, 1.54) is 0 Å². The number of aromatic nitrogens is 2. The van der Waals surface area contributed by atoms with E-state index in [4.69, 9.17) is 5.73 Å². The Hall–Kier alpha value is -2.24. The summed E-state index contributed by atoms with van der Waals surface area (Å²) < 4.78 is 0. The maximum atomic E-state index is 11.5. The van der Waals surface area contributed by atoms with Crippen molar-refractivity contribution >= 4 is 28.6 Å². The van der Waals surface area contributed by atoms with Crippen LogP contribution in [0, 0.1) is 0 Å². The predicted octanol–water partition coefficient (Wildman–Crippen LogP) is 0.717. The fraction of sp³-hybridized carbons (Fsp3) is 0.333. The molecule has 1 aromatic carbocycles. The lowest BCUT2D eigenvalue weighted by Gasteiger charge is -2.14. The lowest BCUT2D eigenvalue weighted by atomic mass is 10.3. The van der Waals surface area contributed by atoms with E-state index in [-0.39, 0.29) is 12.5 Å². The van der Waals surface area contributed by atoms with Gasteiger partial charge in [-0.25, -0.2) is 4.98 Å². The largest absolute Gasteiger partial charge is 0.399 e. The van der Waals surface area contributed by atoms with Crippen molar-refractivity contribution < 1.29 is 4.79 Å². The normalized spacial score (nSPS) is 10.6. The summed E-state index contributed by atoms with van der Waals surface area (Å²) in [7, 11) is 1.82. The molecule has 0 spiro atoms. The molecule has 0 unspecified atom stereocenters. The Bertz CT molecular complexity index is 563. The molecular formula is C12H17N5O. The number of hydrogen-bond acceptors (Lipinski definition) is 4. The molecule has 0 aliphatic heterocycles. The van der Waals surface area contributed by atoms with Crippen LogP contribution >= 0.6 is 0 Å². The number of hydrogen-bond donors (Lipinski definition) is 3. The van der Waals surface area contributed by atoms with E-state index in [0.717, 1.165) is 11.0 Å². The summed E-state index contributed by atoms with van der Waals surface area (Å²) in [6.45, 7) is 2.79. The van der Waals surface area contributed by atoms with Gasteiger partial charge in [-0.2, -0.15) is 0 Å². The fourth-order valence-corrected chi connectivity index (χ4v) is 1.74. The number of carbonyl (C=O) groups is 1. The molecule has 1 heterocycles. The average Bonchev–Trinajstić information content (AvgIpc) is 2.72. The van der Waals surface area contributed by atoms with Crippen LogP contribution in [-0.4, -0.2) is 36.0 Å². The number of nitrogens with one attached hydrogen (secondary N) is 2. The first-order valence-corrected chi connectivity index (χ1v) is 5.83. The number of likely N-dealkylation sites (N-methyl/N-ethyl adjacent to an activating group) is 2. The highest BCUT2D eigenvalue weighted by Gasteiger charge is 2.10. The topological polar surface area (TPSA) is 87.0 Å². The number of nitrogens with two attached hydrogens (primary N) is 1. The van der Waals surface area contributed by atoms with Gasteiger partial charge in [0.15, 0.2) is 0 Å². The van der Waals surface area contributed by atoms with Crippen LogP contribution in [-0.2, 0) is 4.79 Å². The monoisotopic (exact) mass is 247 g/mol. The first-order chi connectivity index (χ1) is 8.60. The zero-order valence-electron chi connectivity index (χ0n) is 10.5. The van der Waals surface area contributed by atoms with Crippen molar-refractivity contribution in [1.82, 2.24) is 15.3 Å². The molecule has 4 N–H and O–H groups in total. The number of amides is 1. The summed E-state index contributed by atoms with van der Waals surface area (Å²) in [6.07, 6.45) is 0. The number of H-pyrrole nitrogens is 1. The molecule has 2 aromatic rings. The molecule has 0 bridgehead atoms. The van der Waals surface area contributed by atoms with E-state index in [9.17, 15) is 4.79 Å². The summed E-state index contributed by atoms with van der Waals surface area (Å²) in [5, 5.41) is 2.75. The van der Waals surface area contributed by atoms with Crippen molar-refractivity contribution in [2.45, 2.75) is 6.92 Å². The van der Waals surface area contributed by atoms with E-state index in [0.29, 0.717) is 18.2 Å². The van der Waals surface area contributed by atoms with Crippen LogP contribution in [0.25, 0.3) is 11.0 Å². The molecule has 0 atom stereocenters. The molecule has 96 valence electrons. The fourth-order valence-electron chi connectivity index (χ4n) is 1.74. The van der Waals surface area contributed by atoms with Gasteiger partial charge in [-0.3, -0.25) is 4.79 Å². The number of aromatic amines is 1. The van der Waals surface area contributed by atoms with Gasteiger partial charge in [-0.05, 0) is 25.1 Å². The Kier molecular flexibility index (Phi) is 3.36. The maximum absolute atomic E-state index is 11.5. The van der Waals surface area contributed by atoms with Crippen LogP contribution in [0.4, 0.5) is 11.6 Å². The molecule has 18 heavy (non-hydrogen) atoms. The zero-order valence-corrected chi connectivity index (χ0v) is 10.5. The first kappa shape index (κ1) is 12.2. The number of nitrogen functional groups attached to an aromatic ring is 1. The molecule has 1 aromatic heterocycles. The van der Waals surface area contributed by atoms with Crippen molar-refractivity contribution in [3.8, 4) is 0 Å². The van der Waals surface area contributed by atoms with Crippen molar-refractivity contribution in [2.24, 2.45) is 0 Å². The van der Waals surface area contributed by atoms with E-state index < -0.39 is 0 Å². The number of nitrogens with zero attached hydrogens (tertiary/aromatic N) is 2. The Morgan fingerprint density at radius 3 is 3.06 bits per heavy atom. The minimum Gasteiger partial charge on any atom is -0.399 e. The first-order valence-electron chi connectivity index (χ1n) is 5.83. The third-order valence-corrected chi connectivity index (χ3v) is 2.61. The van der Waals surface area contributed by atoms with E-state index >= 15 is 0 Å². The summed E-state index contributed by atoms with van der Waals surface area (Å²) >= 11 is 0. The second kappa shape index (κ2) is 4.95. The third kappa shape index (κ3) is 2.53. The van der Waals surface area contributed by atoms with Gasteiger partial charge in [0.25, 0.3) is 0 Å². The van der Waals surface area contributed by atoms with Crippen LogP contribution < -0.4 is 16.0 Å². The highest BCUT2D eigenvalue weighted by molar-refractivity contribution is 5.83. The molecule has 6 nitrogen and oxygen atoms in total. The highest BCUT2D eigenvalue weighted by Crippen LogP contribution is 2.18. The van der Waals surface area contributed by atoms with Crippen LogP contribution in [0.2, 0.25) is 0 Å². The Balaban J connectivity index is 2.17. The van der Waals surface area contributed by atoms with Crippen LogP contribution in [0.3, 0.4) is 0 Å². The van der Waals surface area contributed by atoms with Gasteiger partial charge < -0.3 is 20.9 Å². The smallest absolute Gasteiger partial charge is 0.239 e. The van der Waals surface area contributed by atoms with Crippen molar-refractivity contribution in [3.63, 3.8) is 0 Å². The standard InChI is InChI=1S/C12H17N5O/c1-3-14-11(18)7-17(2)12-15-9-5-4-8(13)6-10(9)16-12/h4-6H,3,7,13H2,1-2H3,(H,14,18)(H,15,16). The van der Waals surface area contributed by atoms with Gasteiger partial charge in [-0.1, -0.05) is 0 Å². The molecular weight excluding hydrogens is 230 g/mol. The van der Waals surface area contributed by atoms with Crippen LogP contribution in [0.5, 0.6) is 0 Å². The van der Waals surface area contributed by atoms with Gasteiger partial charge in [0, 0.05) is 19.3 Å². The molecule has 2 rings (SSSR count). The quantitative estimate of drug-likeness (QED) is 0.695. The second-order valence-electron chi connectivity index (χ2n) is 4.15. The average molecular weight is 247 g/mol. The SMILES string of the molecule is CCNC(=O)CN(C)c1nc2ccc(N)cc2[nH]1. The number of fused-ring (bicyclic) bond motifs is 1. The number of rotatable bonds is 4. The molecule has 0 fully saturated rings. The van der Waals surface area contributed by atoms with E-state index in [2.05, 4.69) is 15.3 Å². The number of anilines is 2. The minimum absolute atomic E-state index is 0.0278. The predicted molar refractivity (Wildman–Crippen MR) is 72.5 cm³/mol. The molecule has 0 radical (unpaired) electrons. The lowest BCUT2D eigenvalue weighted by molar-refractivity contribution is -0.119. The van der Waals surface area contributed by atoms with Gasteiger partial charge in [0.05, 0.1) is 17.6 Å². The summed E-state index contributed by atoms with van der Waals surface area (Å²) in [5.74, 6) is 0.627. The van der Waals surface area contributed by atoms with Crippen LogP contribution in [0.1, 0.15) is 6.92 Å². The zero-order chi connectivity index (χ0) is 13.1. The van der Waals surface area contributed by atoms with Gasteiger partial charge in [0.2, 0.25) is 11.9 Å². The summed E-state index contributed by atoms with van der Waals surface area (Å²) in [5.41, 5.74) is 8.09. The summed E-state index contributed by atoms with van der Waals surface area (Å²) in [4.78, 5) is 20.8. The Morgan fingerprint density at radius 1 is 1.56 bits per heavy atom. The molecule has 0 aliphatic rings. The van der Waals surface area contributed by atoms with E-state index in [1.807, 2.05) is 26.1 Å². The highest BCUT2D eigenvalue weighted by atomic mass is 16.2. The molecule has 0 aliphatic carbocycles. The third-order valence-electron chi connectivity index (χ3n) is 2.61. The van der Waals surface area contributed by atoms with E-state index in [1.54, 1.807) is 11.0 Å². The van der Waals surface area contributed by atoms with Gasteiger partial charge in [-0.15, -0.1) is 0 Å². The summed E-state index contributed by atoms with van der Waals surface area (Å²) in [6, 6.07) is 5.48. The number of carbonyl (C=O) groups excluding carboxylic acids is 1. The number of imidazole rings is 1. The number of benzene rings is 1. The molecule has 1 amide bonds. The molecule has 6 heteroatoms. The van der Waals surface area contributed by atoms with Crippen molar-refractivity contribution in [1.29, 1.82) is 0 Å². The van der Waals surface area contributed by atoms with Gasteiger partial charge >= 0.3 is 0 Å². The Morgan fingerprint density at radius 2 is 2.33 bits per heavy atom. The van der Waals surface area contributed by atoms with Crippen LogP contribution in [0.15, 0.2) is 18.2 Å². The Labute approximate surface area is 105 Å². The van der Waals surface area contributed by atoms with Gasteiger partial charge in [0.1, 0.15) is 0 Å².